The lowest BCUT2D eigenvalue weighted by atomic mass is 9.93. The van der Waals surface area contributed by atoms with Gasteiger partial charge in [-0.2, -0.15) is 0 Å². The summed E-state index contributed by atoms with van der Waals surface area (Å²) in [4.78, 5) is 2.59. The van der Waals surface area contributed by atoms with Crippen molar-refractivity contribution >= 4 is 11.0 Å². The van der Waals surface area contributed by atoms with Gasteiger partial charge in [0.15, 0.2) is 0 Å². The summed E-state index contributed by atoms with van der Waals surface area (Å²) in [5, 5.41) is 4.61. The van der Waals surface area contributed by atoms with E-state index in [2.05, 4.69) is 42.3 Å². The molecule has 3 unspecified atom stereocenters. The quantitative estimate of drug-likeness (QED) is 0.926. The summed E-state index contributed by atoms with van der Waals surface area (Å²) < 4.78 is 6.03. The summed E-state index contributed by atoms with van der Waals surface area (Å²) in [6, 6.07) is 11.3. The molecule has 21 heavy (non-hydrogen) atoms. The van der Waals surface area contributed by atoms with Crippen molar-refractivity contribution in [1.82, 2.24) is 10.2 Å². The van der Waals surface area contributed by atoms with Gasteiger partial charge in [-0.05, 0) is 51.4 Å². The van der Waals surface area contributed by atoms with E-state index in [-0.39, 0.29) is 6.04 Å². The Morgan fingerprint density at radius 3 is 2.86 bits per heavy atom. The van der Waals surface area contributed by atoms with Gasteiger partial charge in [0.05, 0.1) is 6.04 Å². The highest BCUT2D eigenvalue weighted by Crippen LogP contribution is 2.27. The molecule has 1 saturated heterocycles. The third-order valence-corrected chi connectivity index (χ3v) is 4.83. The molecule has 1 aliphatic heterocycles. The fourth-order valence-electron chi connectivity index (χ4n) is 3.46. The van der Waals surface area contributed by atoms with Gasteiger partial charge in [-0.1, -0.05) is 25.1 Å². The van der Waals surface area contributed by atoms with Crippen LogP contribution in [-0.2, 0) is 0 Å². The molecule has 1 aromatic carbocycles. The molecule has 114 valence electrons. The van der Waals surface area contributed by atoms with Crippen molar-refractivity contribution in [3.8, 4) is 0 Å². The van der Waals surface area contributed by atoms with Crippen molar-refractivity contribution in [2.45, 2.75) is 38.8 Å². The van der Waals surface area contributed by atoms with Crippen LogP contribution in [0.2, 0.25) is 0 Å². The van der Waals surface area contributed by atoms with Gasteiger partial charge in [0.25, 0.3) is 0 Å². The van der Waals surface area contributed by atoms with Gasteiger partial charge in [0.2, 0.25) is 0 Å². The van der Waals surface area contributed by atoms with Gasteiger partial charge in [0.1, 0.15) is 11.3 Å². The van der Waals surface area contributed by atoms with Crippen molar-refractivity contribution in [2.75, 3.05) is 20.1 Å². The van der Waals surface area contributed by atoms with E-state index < -0.39 is 0 Å². The van der Waals surface area contributed by atoms with Gasteiger partial charge in [-0.25, -0.2) is 0 Å². The van der Waals surface area contributed by atoms with E-state index in [1.807, 2.05) is 19.2 Å². The number of likely N-dealkylation sites (tertiary alicyclic amines) is 1. The normalized spacial score (nSPS) is 25.3. The number of likely N-dealkylation sites (N-methyl/N-ethyl adjacent to an activating group) is 1. The van der Waals surface area contributed by atoms with Crippen LogP contribution < -0.4 is 5.32 Å². The molecule has 1 aromatic heterocycles. The smallest absolute Gasteiger partial charge is 0.134 e. The largest absolute Gasteiger partial charge is 0.459 e. The van der Waals surface area contributed by atoms with E-state index in [0.29, 0.717) is 6.04 Å². The number of furan rings is 1. The molecule has 2 heterocycles. The van der Waals surface area contributed by atoms with Crippen LogP contribution in [-0.4, -0.2) is 31.1 Å². The molecular weight excluding hydrogens is 260 g/mol. The highest BCUT2D eigenvalue weighted by molar-refractivity contribution is 5.77. The van der Waals surface area contributed by atoms with Gasteiger partial charge in [0, 0.05) is 18.0 Å². The number of nitrogens with zero attached hydrogens (tertiary/aromatic N) is 1. The summed E-state index contributed by atoms with van der Waals surface area (Å²) >= 11 is 0. The third-order valence-electron chi connectivity index (χ3n) is 4.83. The minimum atomic E-state index is 0.258. The second-order valence-corrected chi connectivity index (χ2v) is 6.50. The molecule has 3 nitrogen and oxygen atoms in total. The molecule has 1 aliphatic rings. The predicted molar refractivity (Wildman–Crippen MR) is 87.4 cm³/mol. The van der Waals surface area contributed by atoms with E-state index in [4.69, 9.17) is 4.42 Å². The molecular formula is C18H26N2O. The predicted octanol–water partition coefficient (Wildman–Crippen LogP) is 3.81. The van der Waals surface area contributed by atoms with E-state index in [0.717, 1.165) is 23.8 Å². The molecule has 0 saturated carbocycles. The molecule has 2 aromatic rings. The fourth-order valence-corrected chi connectivity index (χ4v) is 3.46. The summed E-state index contributed by atoms with van der Waals surface area (Å²) in [6.07, 6.45) is 2.61. The fraction of sp³-hybridized carbons (Fsp3) is 0.556. The molecule has 0 radical (unpaired) electrons. The Balaban J connectivity index is 1.75. The lowest BCUT2D eigenvalue weighted by Gasteiger charge is -2.38. The SMILES string of the molecule is CNC(CN1CCC(C)CC1C)c1cc2ccccc2o1. The number of fused-ring (bicyclic) bond motifs is 1. The second kappa shape index (κ2) is 6.20. The molecule has 0 bridgehead atoms. The third kappa shape index (κ3) is 3.14. The van der Waals surface area contributed by atoms with Crippen LogP contribution in [0.3, 0.4) is 0 Å². The Kier molecular flexibility index (Phi) is 4.32. The lowest BCUT2D eigenvalue weighted by Crippen LogP contribution is -2.44. The number of benzene rings is 1. The van der Waals surface area contributed by atoms with Crippen molar-refractivity contribution in [2.24, 2.45) is 5.92 Å². The molecule has 0 aliphatic carbocycles. The first-order valence-electron chi connectivity index (χ1n) is 8.07. The maximum atomic E-state index is 6.03. The van der Waals surface area contributed by atoms with E-state index in [1.54, 1.807) is 0 Å². The number of rotatable bonds is 4. The number of hydrogen-bond donors (Lipinski definition) is 1. The van der Waals surface area contributed by atoms with Gasteiger partial charge in [-0.3, -0.25) is 4.90 Å². The van der Waals surface area contributed by atoms with Crippen molar-refractivity contribution in [1.29, 1.82) is 0 Å². The molecule has 1 N–H and O–H groups in total. The van der Waals surface area contributed by atoms with Crippen LogP contribution in [0.15, 0.2) is 34.7 Å². The Bertz CT molecular complexity index is 559. The highest BCUT2D eigenvalue weighted by atomic mass is 16.3. The van der Waals surface area contributed by atoms with Crippen LogP contribution in [0.5, 0.6) is 0 Å². The maximum Gasteiger partial charge on any atom is 0.134 e. The van der Waals surface area contributed by atoms with Crippen LogP contribution in [0.1, 0.15) is 38.5 Å². The second-order valence-electron chi connectivity index (χ2n) is 6.50. The van der Waals surface area contributed by atoms with Gasteiger partial charge < -0.3 is 9.73 Å². The van der Waals surface area contributed by atoms with Crippen LogP contribution in [0.4, 0.5) is 0 Å². The maximum absolute atomic E-state index is 6.03. The number of nitrogens with one attached hydrogen (secondary N) is 1. The number of hydrogen-bond acceptors (Lipinski definition) is 3. The topological polar surface area (TPSA) is 28.4 Å². The van der Waals surface area contributed by atoms with Crippen molar-refractivity contribution in [3.05, 3.63) is 36.1 Å². The Labute approximate surface area is 127 Å². The summed E-state index contributed by atoms with van der Waals surface area (Å²) in [5.41, 5.74) is 0.980. The molecule has 3 rings (SSSR count). The Morgan fingerprint density at radius 1 is 1.33 bits per heavy atom. The Hall–Kier alpha value is -1.32. The lowest BCUT2D eigenvalue weighted by molar-refractivity contribution is 0.114. The average Bonchev–Trinajstić information content (AvgIpc) is 2.90. The summed E-state index contributed by atoms with van der Waals surface area (Å²) in [7, 11) is 2.02. The van der Waals surface area contributed by atoms with Crippen LogP contribution in [0, 0.1) is 5.92 Å². The van der Waals surface area contributed by atoms with E-state index in [1.165, 1.54) is 24.8 Å². The average molecular weight is 286 g/mol. The summed E-state index contributed by atoms with van der Waals surface area (Å²) in [6.45, 7) is 6.93. The first kappa shape index (κ1) is 14.6. The molecule has 3 atom stereocenters. The zero-order valence-corrected chi connectivity index (χ0v) is 13.3. The molecule has 0 spiro atoms. The first-order valence-corrected chi connectivity index (χ1v) is 8.07. The van der Waals surface area contributed by atoms with Crippen LogP contribution in [0.25, 0.3) is 11.0 Å². The first-order chi connectivity index (χ1) is 10.2. The van der Waals surface area contributed by atoms with Gasteiger partial charge in [-0.15, -0.1) is 0 Å². The zero-order chi connectivity index (χ0) is 14.8. The number of piperidine rings is 1. The van der Waals surface area contributed by atoms with E-state index in [9.17, 15) is 0 Å². The minimum Gasteiger partial charge on any atom is -0.459 e. The van der Waals surface area contributed by atoms with Crippen molar-refractivity contribution < 1.29 is 4.42 Å². The minimum absolute atomic E-state index is 0.258. The van der Waals surface area contributed by atoms with Crippen LogP contribution >= 0.6 is 0 Å². The van der Waals surface area contributed by atoms with Gasteiger partial charge >= 0.3 is 0 Å². The monoisotopic (exact) mass is 286 g/mol. The van der Waals surface area contributed by atoms with E-state index >= 15 is 0 Å². The highest BCUT2D eigenvalue weighted by Gasteiger charge is 2.26. The molecule has 0 amide bonds. The summed E-state index contributed by atoms with van der Waals surface area (Å²) in [5.74, 6) is 1.90. The standard InChI is InChI=1S/C18H26N2O/c1-13-8-9-20(14(2)10-13)12-16(19-3)18-11-15-6-4-5-7-17(15)21-18/h4-7,11,13-14,16,19H,8-10,12H2,1-3H3. The molecule has 1 fully saturated rings. The van der Waals surface area contributed by atoms with Crippen molar-refractivity contribution in [3.63, 3.8) is 0 Å². The zero-order valence-electron chi connectivity index (χ0n) is 13.3. The Morgan fingerprint density at radius 2 is 2.14 bits per heavy atom. The molecule has 3 heteroatoms. The number of para-hydroxylation sites is 1.